The van der Waals surface area contributed by atoms with Crippen LogP contribution >= 0.6 is 0 Å². The molecule has 2 atom stereocenters. The van der Waals surface area contributed by atoms with Crippen molar-refractivity contribution in [2.75, 3.05) is 7.05 Å². The first-order valence-electron chi connectivity index (χ1n) is 5.85. The summed E-state index contributed by atoms with van der Waals surface area (Å²) in [6.45, 7) is 4.85. The van der Waals surface area contributed by atoms with Gasteiger partial charge in [0.25, 0.3) is 0 Å². The zero-order chi connectivity index (χ0) is 9.47. The molecule has 1 saturated carbocycles. The Labute approximate surface area is 82.5 Å². The number of hydrogen-bond donors (Lipinski definition) is 0. The van der Waals surface area contributed by atoms with Crippen LogP contribution in [0.1, 0.15) is 52.4 Å². The van der Waals surface area contributed by atoms with Gasteiger partial charge in [-0.1, -0.05) is 19.3 Å². The van der Waals surface area contributed by atoms with E-state index in [1.807, 2.05) is 0 Å². The van der Waals surface area contributed by atoms with Crippen molar-refractivity contribution in [1.29, 1.82) is 0 Å². The van der Waals surface area contributed by atoms with Gasteiger partial charge < -0.3 is 0 Å². The van der Waals surface area contributed by atoms with Crippen molar-refractivity contribution in [3.8, 4) is 0 Å². The Balaban J connectivity index is 1.99. The van der Waals surface area contributed by atoms with Crippen LogP contribution in [0.15, 0.2) is 0 Å². The van der Waals surface area contributed by atoms with Crippen molar-refractivity contribution in [3.05, 3.63) is 0 Å². The van der Waals surface area contributed by atoms with Gasteiger partial charge in [-0.15, -0.1) is 0 Å². The summed E-state index contributed by atoms with van der Waals surface area (Å²) in [5, 5.41) is 0. The van der Waals surface area contributed by atoms with Crippen LogP contribution in [0.3, 0.4) is 0 Å². The van der Waals surface area contributed by atoms with E-state index in [0.717, 1.165) is 12.0 Å². The number of hydrogen-bond acceptors (Lipinski definition) is 1. The van der Waals surface area contributed by atoms with Crippen LogP contribution in [-0.2, 0) is 0 Å². The second kappa shape index (κ2) is 3.27. The lowest BCUT2D eigenvalue weighted by atomic mass is 9.82. The highest BCUT2D eigenvalue weighted by molar-refractivity contribution is 4.95. The summed E-state index contributed by atoms with van der Waals surface area (Å²) in [7, 11) is 2.33. The van der Waals surface area contributed by atoms with Crippen molar-refractivity contribution < 1.29 is 0 Å². The van der Waals surface area contributed by atoms with Gasteiger partial charge in [-0.2, -0.15) is 0 Å². The molecule has 1 aliphatic heterocycles. The molecule has 1 saturated heterocycles. The lowest BCUT2D eigenvalue weighted by Gasteiger charge is -2.47. The third kappa shape index (κ3) is 1.90. The fourth-order valence-electron chi connectivity index (χ4n) is 2.87. The minimum absolute atomic E-state index is 0.527. The zero-order valence-electron chi connectivity index (χ0n) is 9.34. The Morgan fingerprint density at radius 3 is 2.62 bits per heavy atom. The van der Waals surface area contributed by atoms with Crippen molar-refractivity contribution in [1.82, 2.24) is 4.90 Å². The van der Waals surface area contributed by atoms with Gasteiger partial charge in [0.15, 0.2) is 0 Å². The third-order valence-corrected chi connectivity index (χ3v) is 4.28. The van der Waals surface area contributed by atoms with Gasteiger partial charge in [0.05, 0.1) is 0 Å². The van der Waals surface area contributed by atoms with Crippen LogP contribution in [0, 0.1) is 5.92 Å². The van der Waals surface area contributed by atoms with E-state index in [9.17, 15) is 0 Å². The molecule has 0 N–H and O–H groups in total. The van der Waals surface area contributed by atoms with E-state index in [2.05, 4.69) is 25.8 Å². The molecule has 0 amide bonds. The van der Waals surface area contributed by atoms with Crippen LogP contribution in [0.25, 0.3) is 0 Å². The average Bonchev–Trinajstić information content (AvgIpc) is 2.84. The van der Waals surface area contributed by atoms with E-state index in [1.165, 1.54) is 38.5 Å². The van der Waals surface area contributed by atoms with Crippen LogP contribution in [0.5, 0.6) is 0 Å². The molecule has 1 heteroatoms. The molecule has 2 fully saturated rings. The summed E-state index contributed by atoms with van der Waals surface area (Å²) >= 11 is 0. The molecule has 1 aliphatic carbocycles. The summed E-state index contributed by atoms with van der Waals surface area (Å²) < 4.78 is 0. The summed E-state index contributed by atoms with van der Waals surface area (Å²) in [5.74, 6) is 1.07. The maximum Gasteiger partial charge on any atom is 0.0183 e. The predicted octanol–water partition coefficient (Wildman–Crippen LogP) is 3.05. The Morgan fingerprint density at radius 2 is 2.00 bits per heavy atom. The third-order valence-electron chi connectivity index (χ3n) is 4.28. The fourth-order valence-corrected chi connectivity index (χ4v) is 2.87. The van der Waals surface area contributed by atoms with Crippen molar-refractivity contribution in [2.45, 2.75) is 64.0 Å². The van der Waals surface area contributed by atoms with E-state index in [0.29, 0.717) is 5.54 Å². The minimum Gasteiger partial charge on any atom is -0.298 e. The Hall–Kier alpha value is -0.0400. The predicted molar refractivity (Wildman–Crippen MR) is 56.8 cm³/mol. The summed E-state index contributed by atoms with van der Waals surface area (Å²) in [6.07, 6.45) is 8.71. The van der Waals surface area contributed by atoms with Crippen LogP contribution in [0.4, 0.5) is 0 Å². The molecule has 2 aliphatic rings. The minimum atomic E-state index is 0.527. The van der Waals surface area contributed by atoms with Gasteiger partial charge in [0, 0.05) is 11.6 Å². The standard InChI is InChI=1S/C12H23N/c1-10-5-4-8-12(2,13(10)3)9-11-6-7-11/h10-11H,4-9H2,1-3H3/t10?,12-/m1/s1. The largest absolute Gasteiger partial charge is 0.298 e. The molecule has 1 heterocycles. The molecule has 0 bridgehead atoms. The van der Waals surface area contributed by atoms with Crippen LogP contribution in [0.2, 0.25) is 0 Å². The Kier molecular flexibility index (Phi) is 2.39. The number of nitrogens with zero attached hydrogens (tertiary/aromatic N) is 1. The molecule has 0 aromatic carbocycles. The Morgan fingerprint density at radius 1 is 1.31 bits per heavy atom. The lowest BCUT2D eigenvalue weighted by molar-refractivity contribution is 0.0340. The topological polar surface area (TPSA) is 3.24 Å². The number of likely N-dealkylation sites (tertiary alicyclic amines) is 1. The highest BCUT2D eigenvalue weighted by Gasteiger charge is 2.39. The normalized spacial score (nSPS) is 42.2. The van der Waals surface area contributed by atoms with Gasteiger partial charge in [-0.25, -0.2) is 0 Å². The maximum atomic E-state index is 2.63. The molecule has 0 aromatic heterocycles. The molecular weight excluding hydrogens is 158 g/mol. The molecule has 13 heavy (non-hydrogen) atoms. The first kappa shape index (κ1) is 9.51. The summed E-state index contributed by atoms with van der Waals surface area (Å²) in [5.41, 5.74) is 0.527. The van der Waals surface area contributed by atoms with Crippen molar-refractivity contribution in [2.24, 2.45) is 5.92 Å². The molecule has 2 rings (SSSR count). The van der Waals surface area contributed by atoms with Crippen LogP contribution in [-0.4, -0.2) is 23.5 Å². The number of rotatable bonds is 2. The quantitative estimate of drug-likeness (QED) is 0.633. The zero-order valence-corrected chi connectivity index (χ0v) is 9.34. The maximum absolute atomic E-state index is 2.63. The van der Waals surface area contributed by atoms with E-state index in [4.69, 9.17) is 0 Å². The van der Waals surface area contributed by atoms with Gasteiger partial charge >= 0.3 is 0 Å². The number of piperidine rings is 1. The molecule has 0 aromatic rings. The van der Waals surface area contributed by atoms with Gasteiger partial charge in [-0.05, 0) is 46.1 Å². The SMILES string of the molecule is CC1CCC[C@](C)(CC2CC2)N1C. The highest BCUT2D eigenvalue weighted by atomic mass is 15.2. The Bertz CT molecular complexity index is 186. The summed E-state index contributed by atoms with van der Waals surface area (Å²) in [4.78, 5) is 2.63. The first-order chi connectivity index (χ1) is 6.12. The van der Waals surface area contributed by atoms with Crippen molar-refractivity contribution >= 4 is 0 Å². The van der Waals surface area contributed by atoms with Gasteiger partial charge in [0.1, 0.15) is 0 Å². The second-order valence-corrected chi connectivity index (χ2v) is 5.50. The molecule has 0 spiro atoms. The monoisotopic (exact) mass is 181 g/mol. The molecular formula is C12H23N. The van der Waals surface area contributed by atoms with Gasteiger partial charge in [-0.3, -0.25) is 4.90 Å². The first-order valence-corrected chi connectivity index (χ1v) is 5.85. The van der Waals surface area contributed by atoms with E-state index in [-0.39, 0.29) is 0 Å². The van der Waals surface area contributed by atoms with E-state index >= 15 is 0 Å². The fraction of sp³-hybridized carbons (Fsp3) is 1.00. The van der Waals surface area contributed by atoms with Gasteiger partial charge in [0.2, 0.25) is 0 Å². The lowest BCUT2D eigenvalue weighted by Crippen LogP contribution is -2.51. The molecule has 0 radical (unpaired) electrons. The van der Waals surface area contributed by atoms with E-state index < -0.39 is 0 Å². The average molecular weight is 181 g/mol. The second-order valence-electron chi connectivity index (χ2n) is 5.50. The van der Waals surface area contributed by atoms with Crippen LogP contribution < -0.4 is 0 Å². The molecule has 76 valence electrons. The summed E-state index contributed by atoms with van der Waals surface area (Å²) in [6, 6.07) is 0.803. The van der Waals surface area contributed by atoms with E-state index in [1.54, 1.807) is 0 Å². The highest BCUT2D eigenvalue weighted by Crippen LogP contribution is 2.43. The molecule has 1 nitrogen and oxygen atoms in total. The molecule has 1 unspecified atom stereocenters. The smallest absolute Gasteiger partial charge is 0.0183 e. The van der Waals surface area contributed by atoms with Crippen molar-refractivity contribution in [3.63, 3.8) is 0 Å².